The number of hydrogen-bond donors (Lipinski definition) is 0. The van der Waals surface area contributed by atoms with Gasteiger partial charge in [-0.3, -0.25) is 4.79 Å². The van der Waals surface area contributed by atoms with Gasteiger partial charge in [-0.25, -0.2) is 8.42 Å². The van der Waals surface area contributed by atoms with Gasteiger partial charge in [0.15, 0.2) is 0 Å². The second-order valence-electron chi connectivity index (χ2n) is 6.09. The van der Waals surface area contributed by atoms with E-state index in [-0.39, 0.29) is 17.6 Å². The van der Waals surface area contributed by atoms with Crippen molar-refractivity contribution in [1.82, 2.24) is 9.21 Å². The molecule has 1 aromatic carbocycles. The third-order valence-electron chi connectivity index (χ3n) is 4.12. The lowest BCUT2D eigenvalue weighted by Crippen LogP contribution is -2.46. The van der Waals surface area contributed by atoms with Crippen molar-refractivity contribution in [3.8, 4) is 0 Å². The van der Waals surface area contributed by atoms with Crippen LogP contribution in [0.2, 0.25) is 0 Å². The summed E-state index contributed by atoms with van der Waals surface area (Å²) in [4.78, 5) is 13.6. The standard InChI is InChI=1S/C16H24N2O3S/c1-13(14-8-5-4-6-9-14)12-22(20,21)18-11-7-10-15(18)16(19)17(2)3/h4-6,8-9,13,15H,7,10-12H2,1-3H3/t13-,15-/m1/s1. The SMILES string of the molecule is C[C@H](CS(=O)(=O)N1CCC[C@@H]1C(=O)N(C)C)c1ccccc1. The number of hydrogen-bond acceptors (Lipinski definition) is 3. The van der Waals surface area contributed by atoms with Crippen LogP contribution < -0.4 is 0 Å². The highest BCUT2D eigenvalue weighted by atomic mass is 32.2. The van der Waals surface area contributed by atoms with Crippen LogP contribution in [0.4, 0.5) is 0 Å². The molecule has 0 aliphatic carbocycles. The fourth-order valence-corrected chi connectivity index (χ4v) is 4.91. The summed E-state index contributed by atoms with van der Waals surface area (Å²) in [6.07, 6.45) is 1.35. The molecule has 122 valence electrons. The Balaban J connectivity index is 2.14. The molecule has 0 bridgehead atoms. The van der Waals surface area contributed by atoms with E-state index in [4.69, 9.17) is 0 Å². The molecule has 1 amide bonds. The van der Waals surface area contributed by atoms with E-state index in [1.54, 1.807) is 14.1 Å². The molecule has 0 aromatic heterocycles. The van der Waals surface area contributed by atoms with E-state index >= 15 is 0 Å². The summed E-state index contributed by atoms with van der Waals surface area (Å²) >= 11 is 0. The molecule has 0 N–H and O–H groups in total. The van der Waals surface area contributed by atoms with Crippen molar-refractivity contribution in [2.24, 2.45) is 0 Å². The molecule has 2 rings (SSSR count). The molecule has 0 saturated carbocycles. The highest BCUT2D eigenvalue weighted by Crippen LogP contribution is 2.26. The van der Waals surface area contributed by atoms with Gasteiger partial charge in [0.05, 0.1) is 5.75 Å². The van der Waals surface area contributed by atoms with Gasteiger partial charge in [-0.1, -0.05) is 37.3 Å². The number of sulfonamides is 1. The highest BCUT2D eigenvalue weighted by Gasteiger charge is 2.39. The van der Waals surface area contributed by atoms with Crippen molar-refractivity contribution >= 4 is 15.9 Å². The van der Waals surface area contributed by atoms with E-state index in [0.29, 0.717) is 13.0 Å². The van der Waals surface area contributed by atoms with Crippen LogP contribution in [0.15, 0.2) is 30.3 Å². The first-order valence-electron chi connectivity index (χ1n) is 7.58. The minimum Gasteiger partial charge on any atom is -0.347 e. The zero-order valence-corrected chi connectivity index (χ0v) is 14.2. The van der Waals surface area contributed by atoms with Gasteiger partial charge in [-0.15, -0.1) is 0 Å². The van der Waals surface area contributed by atoms with E-state index in [1.165, 1.54) is 9.21 Å². The Morgan fingerprint density at radius 2 is 1.95 bits per heavy atom. The third-order valence-corrected chi connectivity index (χ3v) is 6.19. The minimum absolute atomic E-state index is 0.0359. The molecular weight excluding hydrogens is 300 g/mol. The molecule has 2 atom stereocenters. The maximum Gasteiger partial charge on any atom is 0.240 e. The Morgan fingerprint density at radius 1 is 1.32 bits per heavy atom. The van der Waals surface area contributed by atoms with E-state index < -0.39 is 16.1 Å². The maximum atomic E-state index is 12.7. The van der Waals surface area contributed by atoms with Crippen molar-refractivity contribution in [3.63, 3.8) is 0 Å². The number of likely N-dealkylation sites (N-methyl/N-ethyl adjacent to an activating group) is 1. The summed E-state index contributed by atoms with van der Waals surface area (Å²) in [7, 11) is -0.120. The van der Waals surface area contributed by atoms with E-state index in [1.807, 2.05) is 37.3 Å². The first-order chi connectivity index (χ1) is 10.3. The van der Waals surface area contributed by atoms with E-state index in [2.05, 4.69) is 0 Å². The van der Waals surface area contributed by atoms with Gasteiger partial charge in [-0.2, -0.15) is 4.31 Å². The van der Waals surface area contributed by atoms with E-state index in [9.17, 15) is 13.2 Å². The van der Waals surface area contributed by atoms with Crippen LogP contribution in [0.3, 0.4) is 0 Å². The predicted octanol–water partition coefficient (Wildman–Crippen LogP) is 1.67. The largest absolute Gasteiger partial charge is 0.347 e. The predicted molar refractivity (Wildman–Crippen MR) is 87.1 cm³/mol. The average molecular weight is 324 g/mol. The van der Waals surface area contributed by atoms with Crippen LogP contribution in [0.5, 0.6) is 0 Å². The Bertz CT molecular complexity index is 614. The lowest BCUT2D eigenvalue weighted by Gasteiger charge is -2.26. The number of rotatable bonds is 5. The molecule has 1 aliphatic rings. The molecule has 1 aliphatic heterocycles. The number of nitrogens with zero attached hydrogens (tertiary/aromatic N) is 2. The monoisotopic (exact) mass is 324 g/mol. The zero-order chi connectivity index (χ0) is 16.3. The number of carbonyl (C=O) groups excluding carboxylic acids is 1. The number of carbonyl (C=O) groups is 1. The van der Waals surface area contributed by atoms with Gasteiger partial charge in [0, 0.05) is 20.6 Å². The Morgan fingerprint density at radius 3 is 2.55 bits per heavy atom. The molecular formula is C16H24N2O3S. The first-order valence-corrected chi connectivity index (χ1v) is 9.19. The average Bonchev–Trinajstić information content (AvgIpc) is 2.97. The van der Waals surface area contributed by atoms with E-state index in [0.717, 1.165) is 12.0 Å². The summed E-state index contributed by atoms with van der Waals surface area (Å²) < 4.78 is 26.8. The van der Waals surface area contributed by atoms with Crippen molar-refractivity contribution in [3.05, 3.63) is 35.9 Å². The Labute approximate surface area is 133 Å². The number of amides is 1. The molecule has 0 unspecified atom stereocenters. The van der Waals surface area contributed by atoms with Gasteiger partial charge >= 0.3 is 0 Å². The van der Waals surface area contributed by atoms with Crippen LogP contribution in [-0.4, -0.2) is 56.0 Å². The summed E-state index contributed by atoms with van der Waals surface area (Å²) in [6, 6.07) is 9.07. The molecule has 1 saturated heterocycles. The summed E-state index contributed by atoms with van der Waals surface area (Å²) in [5.74, 6) is -0.191. The zero-order valence-electron chi connectivity index (χ0n) is 13.4. The molecule has 1 fully saturated rings. The molecule has 0 spiro atoms. The summed E-state index contributed by atoms with van der Waals surface area (Å²) in [5, 5.41) is 0. The fourth-order valence-electron chi connectivity index (χ4n) is 2.91. The summed E-state index contributed by atoms with van der Waals surface area (Å²) in [6.45, 7) is 2.35. The van der Waals surface area contributed by atoms with Crippen LogP contribution in [-0.2, 0) is 14.8 Å². The van der Waals surface area contributed by atoms with Gasteiger partial charge in [-0.05, 0) is 24.3 Å². The molecule has 1 heterocycles. The molecule has 0 radical (unpaired) electrons. The second kappa shape index (κ2) is 6.79. The smallest absolute Gasteiger partial charge is 0.240 e. The van der Waals surface area contributed by atoms with Crippen LogP contribution >= 0.6 is 0 Å². The molecule has 6 heteroatoms. The lowest BCUT2D eigenvalue weighted by molar-refractivity contribution is -0.132. The quantitative estimate of drug-likeness (QED) is 0.828. The molecule has 1 aromatic rings. The summed E-state index contributed by atoms with van der Waals surface area (Å²) in [5.41, 5.74) is 1.00. The molecule has 22 heavy (non-hydrogen) atoms. The maximum absolute atomic E-state index is 12.7. The molecule has 5 nitrogen and oxygen atoms in total. The Hall–Kier alpha value is -1.40. The van der Waals surface area contributed by atoms with Crippen molar-refractivity contribution in [2.45, 2.75) is 31.7 Å². The van der Waals surface area contributed by atoms with Crippen molar-refractivity contribution < 1.29 is 13.2 Å². The number of benzene rings is 1. The van der Waals surface area contributed by atoms with Crippen molar-refractivity contribution in [2.75, 3.05) is 26.4 Å². The second-order valence-corrected chi connectivity index (χ2v) is 8.06. The normalized spacial score (nSPS) is 20.8. The highest BCUT2D eigenvalue weighted by molar-refractivity contribution is 7.89. The Kier molecular flexibility index (Phi) is 5.24. The van der Waals surface area contributed by atoms with Crippen LogP contribution in [0.25, 0.3) is 0 Å². The van der Waals surface area contributed by atoms with Gasteiger partial charge < -0.3 is 4.90 Å². The van der Waals surface area contributed by atoms with Crippen LogP contribution in [0, 0.1) is 0 Å². The van der Waals surface area contributed by atoms with Gasteiger partial charge in [0.1, 0.15) is 6.04 Å². The third kappa shape index (κ3) is 3.67. The first kappa shape index (κ1) is 17.0. The topological polar surface area (TPSA) is 57.7 Å². The lowest BCUT2D eigenvalue weighted by atomic mass is 10.0. The fraction of sp³-hybridized carbons (Fsp3) is 0.562. The minimum atomic E-state index is -3.45. The van der Waals surface area contributed by atoms with Crippen LogP contribution in [0.1, 0.15) is 31.2 Å². The van der Waals surface area contributed by atoms with Gasteiger partial charge in [0.25, 0.3) is 0 Å². The van der Waals surface area contributed by atoms with Gasteiger partial charge in [0.2, 0.25) is 15.9 Å². The van der Waals surface area contributed by atoms with Crippen molar-refractivity contribution in [1.29, 1.82) is 0 Å².